The number of methoxy groups -OCH3 is 1. The van der Waals surface area contributed by atoms with Gasteiger partial charge in [-0.1, -0.05) is 12.1 Å². The maximum Gasteiger partial charge on any atom is 0.410 e. The highest BCUT2D eigenvalue weighted by molar-refractivity contribution is 5.72. The minimum Gasteiger partial charge on any atom is -0.497 e. The summed E-state index contributed by atoms with van der Waals surface area (Å²) in [4.78, 5) is 26.3. The van der Waals surface area contributed by atoms with E-state index in [1.165, 1.54) is 0 Å². The van der Waals surface area contributed by atoms with E-state index in [2.05, 4.69) is 0 Å². The lowest BCUT2D eigenvalue weighted by Gasteiger charge is -2.21. The number of nitrogens with zero attached hydrogens (tertiary/aromatic N) is 2. The van der Waals surface area contributed by atoms with E-state index < -0.39 is 5.97 Å². The smallest absolute Gasteiger partial charge is 0.410 e. The van der Waals surface area contributed by atoms with E-state index in [-0.39, 0.29) is 24.8 Å². The van der Waals surface area contributed by atoms with Crippen molar-refractivity contribution < 1.29 is 24.2 Å². The Morgan fingerprint density at radius 1 is 1.35 bits per heavy atom. The number of hydrogen-bond donors (Lipinski definition) is 1. The summed E-state index contributed by atoms with van der Waals surface area (Å²) in [6, 6.07) is 7.68. The van der Waals surface area contributed by atoms with Crippen molar-refractivity contribution >= 4 is 12.1 Å². The number of carbonyl (C=O) groups is 2. The van der Waals surface area contributed by atoms with Gasteiger partial charge in [0.2, 0.25) is 0 Å². The average Bonchev–Trinajstić information content (AvgIpc) is 3.01. The van der Waals surface area contributed by atoms with Crippen molar-refractivity contribution in [2.75, 3.05) is 33.3 Å². The number of carboxylic acid groups (broad SMARTS) is 1. The van der Waals surface area contributed by atoms with Crippen LogP contribution in [-0.4, -0.2) is 72.4 Å². The first-order valence-corrected chi connectivity index (χ1v) is 7.61. The molecule has 1 amide bonds. The molecular formula is C16H20N2O5. The lowest BCUT2D eigenvalue weighted by Crippen LogP contribution is -2.40. The van der Waals surface area contributed by atoms with Crippen LogP contribution in [0.3, 0.4) is 0 Å². The summed E-state index contributed by atoms with van der Waals surface area (Å²) in [5.41, 5.74) is 1.11. The van der Waals surface area contributed by atoms with Crippen molar-refractivity contribution in [1.29, 1.82) is 0 Å². The van der Waals surface area contributed by atoms with Gasteiger partial charge >= 0.3 is 12.1 Å². The fraction of sp³-hybridized carbons (Fsp3) is 0.500. The van der Waals surface area contributed by atoms with Crippen molar-refractivity contribution in [2.45, 2.75) is 18.6 Å². The second-order valence-corrected chi connectivity index (χ2v) is 5.87. The largest absolute Gasteiger partial charge is 0.497 e. The van der Waals surface area contributed by atoms with Crippen LogP contribution >= 0.6 is 0 Å². The highest BCUT2D eigenvalue weighted by atomic mass is 16.6. The number of amides is 1. The first-order chi connectivity index (χ1) is 11.1. The summed E-state index contributed by atoms with van der Waals surface area (Å²) >= 11 is 0. The zero-order valence-corrected chi connectivity index (χ0v) is 13.0. The molecule has 0 radical (unpaired) electrons. The summed E-state index contributed by atoms with van der Waals surface area (Å²) < 4.78 is 10.5. The minimum absolute atomic E-state index is 0.0170. The van der Waals surface area contributed by atoms with Crippen molar-refractivity contribution in [2.24, 2.45) is 0 Å². The molecule has 1 N–H and O–H groups in total. The molecule has 0 spiro atoms. The van der Waals surface area contributed by atoms with E-state index >= 15 is 0 Å². The normalized spacial score (nSPS) is 23.7. The molecule has 0 aromatic heterocycles. The van der Waals surface area contributed by atoms with Gasteiger partial charge in [-0.15, -0.1) is 0 Å². The summed E-state index contributed by atoms with van der Waals surface area (Å²) in [7, 11) is 1.62. The van der Waals surface area contributed by atoms with E-state index in [4.69, 9.17) is 14.6 Å². The lowest BCUT2D eigenvalue weighted by atomic mass is 10.1. The molecule has 2 saturated heterocycles. The average molecular weight is 320 g/mol. The topological polar surface area (TPSA) is 79.3 Å². The molecule has 3 rings (SSSR count). The Kier molecular flexibility index (Phi) is 4.38. The molecule has 7 heteroatoms. The van der Waals surface area contributed by atoms with Crippen molar-refractivity contribution in [3.05, 3.63) is 29.8 Å². The Labute approximate surface area is 134 Å². The number of fused-ring (bicyclic) bond motifs is 1. The third-order valence-corrected chi connectivity index (χ3v) is 4.36. The molecule has 2 heterocycles. The Bertz CT molecular complexity index is 589. The second-order valence-electron chi connectivity index (χ2n) is 5.87. The van der Waals surface area contributed by atoms with E-state index in [1.54, 1.807) is 12.0 Å². The maximum absolute atomic E-state index is 12.0. The van der Waals surface area contributed by atoms with Gasteiger partial charge in [-0.05, 0) is 24.1 Å². The van der Waals surface area contributed by atoms with E-state index in [0.717, 1.165) is 17.7 Å². The van der Waals surface area contributed by atoms with Gasteiger partial charge < -0.3 is 14.6 Å². The SMILES string of the molecule is COc1ccc(CCN2C(=O)O[C@H]3CN(CC(=O)O)C[C@H]32)cc1. The maximum atomic E-state index is 12.0. The van der Waals surface area contributed by atoms with Crippen LogP contribution in [0.25, 0.3) is 0 Å². The summed E-state index contributed by atoms with van der Waals surface area (Å²) in [5.74, 6) is -0.0596. The standard InChI is InChI=1S/C16H20N2O5/c1-22-12-4-2-11(3-5-12)6-7-18-13-8-17(10-15(19)20)9-14(13)23-16(18)21/h2-5,13-14H,6-10H2,1H3,(H,19,20)/t13-,14+/m1/s1. The number of aliphatic carboxylic acids is 1. The molecule has 23 heavy (non-hydrogen) atoms. The van der Waals surface area contributed by atoms with Crippen LogP contribution in [-0.2, 0) is 16.0 Å². The quantitative estimate of drug-likeness (QED) is 0.836. The number of hydrogen-bond acceptors (Lipinski definition) is 5. The highest BCUT2D eigenvalue weighted by Gasteiger charge is 2.47. The molecular weight excluding hydrogens is 300 g/mol. The molecule has 2 aliphatic rings. The van der Waals surface area contributed by atoms with Gasteiger partial charge in [-0.3, -0.25) is 14.6 Å². The predicted molar refractivity (Wildman–Crippen MR) is 81.5 cm³/mol. The molecule has 2 fully saturated rings. The Balaban J connectivity index is 1.58. The summed E-state index contributed by atoms with van der Waals surface area (Å²) in [6.07, 6.45) is 0.197. The van der Waals surface area contributed by atoms with E-state index in [0.29, 0.717) is 19.6 Å². The molecule has 0 aliphatic carbocycles. The van der Waals surface area contributed by atoms with Gasteiger partial charge in [-0.2, -0.15) is 0 Å². The minimum atomic E-state index is -0.860. The number of likely N-dealkylation sites (tertiary alicyclic amines) is 1. The molecule has 0 unspecified atom stereocenters. The molecule has 2 atom stereocenters. The monoisotopic (exact) mass is 320 g/mol. The van der Waals surface area contributed by atoms with Gasteiger partial charge in [0.25, 0.3) is 0 Å². The Morgan fingerprint density at radius 3 is 2.74 bits per heavy atom. The molecule has 124 valence electrons. The van der Waals surface area contributed by atoms with Crippen molar-refractivity contribution in [3.8, 4) is 5.75 Å². The van der Waals surface area contributed by atoms with Gasteiger partial charge in [-0.25, -0.2) is 4.79 Å². The highest BCUT2D eigenvalue weighted by Crippen LogP contribution is 2.27. The van der Waals surface area contributed by atoms with Gasteiger partial charge in [0.05, 0.1) is 19.7 Å². The molecule has 2 aliphatic heterocycles. The molecule has 1 aromatic carbocycles. The lowest BCUT2D eigenvalue weighted by molar-refractivity contribution is -0.138. The van der Waals surface area contributed by atoms with Crippen LogP contribution in [0.1, 0.15) is 5.56 Å². The van der Waals surface area contributed by atoms with Crippen molar-refractivity contribution in [3.63, 3.8) is 0 Å². The van der Waals surface area contributed by atoms with Gasteiger partial charge in [0, 0.05) is 19.6 Å². The van der Waals surface area contributed by atoms with Crippen LogP contribution in [0.15, 0.2) is 24.3 Å². The summed E-state index contributed by atoms with van der Waals surface area (Å²) in [5, 5.41) is 8.88. The summed E-state index contributed by atoms with van der Waals surface area (Å²) in [6.45, 7) is 1.58. The zero-order chi connectivity index (χ0) is 16.4. The molecule has 0 saturated carbocycles. The Hall–Kier alpha value is -2.28. The number of carboxylic acids is 1. The van der Waals surface area contributed by atoms with Crippen LogP contribution in [0.2, 0.25) is 0 Å². The first-order valence-electron chi connectivity index (χ1n) is 7.61. The van der Waals surface area contributed by atoms with Crippen LogP contribution in [0.5, 0.6) is 5.75 Å². The molecule has 0 bridgehead atoms. The molecule has 7 nitrogen and oxygen atoms in total. The fourth-order valence-corrected chi connectivity index (χ4v) is 3.20. The van der Waals surface area contributed by atoms with Crippen LogP contribution < -0.4 is 4.74 Å². The van der Waals surface area contributed by atoms with Gasteiger partial charge in [0.1, 0.15) is 11.9 Å². The molecule has 1 aromatic rings. The number of rotatable bonds is 6. The Morgan fingerprint density at radius 2 is 2.09 bits per heavy atom. The van der Waals surface area contributed by atoms with E-state index in [1.807, 2.05) is 29.2 Å². The second kappa shape index (κ2) is 6.45. The number of ether oxygens (including phenoxy) is 2. The first kappa shape index (κ1) is 15.6. The van der Waals surface area contributed by atoms with Crippen LogP contribution in [0.4, 0.5) is 4.79 Å². The van der Waals surface area contributed by atoms with Gasteiger partial charge in [0.15, 0.2) is 0 Å². The zero-order valence-electron chi connectivity index (χ0n) is 13.0. The number of benzene rings is 1. The van der Waals surface area contributed by atoms with Crippen molar-refractivity contribution in [1.82, 2.24) is 9.80 Å². The number of carbonyl (C=O) groups excluding carboxylic acids is 1. The third-order valence-electron chi connectivity index (χ3n) is 4.36. The van der Waals surface area contributed by atoms with E-state index in [9.17, 15) is 9.59 Å². The van der Waals surface area contributed by atoms with Crippen LogP contribution in [0, 0.1) is 0 Å². The third kappa shape index (κ3) is 3.39. The fourth-order valence-electron chi connectivity index (χ4n) is 3.20. The predicted octanol–water partition coefficient (Wildman–Crippen LogP) is 0.827.